The Morgan fingerprint density at radius 1 is 1.00 bits per heavy atom. The molecule has 0 radical (unpaired) electrons. The number of thioether (sulfide) groups is 1. The van der Waals surface area contributed by atoms with Gasteiger partial charge in [0.1, 0.15) is 5.00 Å². The summed E-state index contributed by atoms with van der Waals surface area (Å²) in [6, 6.07) is 4.08. The van der Waals surface area contributed by atoms with Crippen molar-refractivity contribution >= 4 is 29.0 Å². The van der Waals surface area contributed by atoms with E-state index in [1.165, 1.54) is 29.7 Å². The van der Waals surface area contributed by atoms with Crippen LogP contribution in [0.25, 0.3) is 5.00 Å². The number of aromatic nitrogens is 1. The molecule has 2 aliphatic rings. The first-order valence-corrected chi connectivity index (χ1v) is 11.0. The Kier molecular flexibility index (Phi) is 4.99. The van der Waals surface area contributed by atoms with Gasteiger partial charge in [0.05, 0.1) is 5.56 Å². The first kappa shape index (κ1) is 16.3. The van der Waals surface area contributed by atoms with Crippen LogP contribution in [0.15, 0.2) is 24.5 Å². The molecule has 0 aromatic carbocycles. The van der Waals surface area contributed by atoms with Gasteiger partial charge < -0.3 is 9.47 Å². The highest BCUT2D eigenvalue weighted by molar-refractivity contribution is 7.98. The maximum Gasteiger partial charge on any atom is 0.257 e. The van der Waals surface area contributed by atoms with E-state index in [1.807, 2.05) is 35.2 Å². The van der Waals surface area contributed by atoms with Crippen molar-refractivity contribution < 1.29 is 4.79 Å². The predicted octanol–water partition coefficient (Wildman–Crippen LogP) is 4.73. The molecule has 0 saturated carbocycles. The highest BCUT2D eigenvalue weighted by atomic mass is 32.2. The molecule has 0 spiro atoms. The number of carbonyl (C=O) groups is 1. The molecule has 0 unspecified atom stereocenters. The highest BCUT2D eigenvalue weighted by Gasteiger charge is 2.29. The third-order valence-corrected chi connectivity index (χ3v) is 7.41. The van der Waals surface area contributed by atoms with E-state index in [-0.39, 0.29) is 5.91 Å². The zero-order valence-electron chi connectivity index (χ0n) is 14.0. The molecule has 0 aliphatic carbocycles. The van der Waals surface area contributed by atoms with Crippen LogP contribution in [0.3, 0.4) is 0 Å². The molecule has 0 bridgehead atoms. The van der Waals surface area contributed by atoms with Crippen molar-refractivity contribution in [2.45, 2.75) is 44.3 Å². The second kappa shape index (κ2) is 7.36. The molecule has 5 heteroatoms. The lowest BCUT2D eigenvalue weighted by Crippen LogP contribution is -2.34. The van der Waals surface area contributed by atoms with Gasteiger partial charge >= 0.3 is 0 Å². The summed E-state index contributed by atoms with van der Waals surface area (Å²) < 4.78 is 2.13. The standard InChI is InChI=1S/C19H24N2OS2/c22-18(20-9-4-2-1-3-5-10-20)17-15-8-13-23-14-16(15)24-19(17)21-11-6-7-12-21/h6-7,11-12H,1-5,8-10,13-14H2. The fourth-order valence-corrected chi connectivity index (χ4v) is 6.14. The Labute approximate surface area is 152 Å². The molecule has 1 saturated heterocycles. The van der Waals surface area contributed by atoms with Gasteiger partial charge in [-0.3, -0.25) is 4.79 Å². The van der Waals surface area contributed by atoms with Crippen molar-refractivity contribution in [2.75, 3.05) is 18.8 Å². The van der Waals surface area contributed by atoms with Crippen molar-refractivity contribution in [3.8, 4) is 5.00 Å². The van der Waals surface area contributed by atoms with Gasteiger partial charge in [-0.25, -0.2) is 0 Å². The molecular formula is C19H24N2OS2. The van der Waals surface area contributed by atoms with Gasteiger partial charge in [0.2, 0.25) is 0 Å². The van der Waals surface area contributed by atoms with Crippen molar-refractivity contribution in [3.05, 3.63) is 40.5 Å². The average Bonchev–Trinajstić information content (AvgIpc) is 3.21. The fourth-order valence-electron chi connectivity index (χ4n) is 3.70. The number of hydrogen-bond acceptors (Lipinski definition) is 3. The number of amides is 1. The van der Waals surface area contributed by atoms with Crippen LogP contribution < -0.4 is 0 Å². The van der Waals surface area contributed by atoms with Gasteiger partial charge in [0.15, 0.2) is 0 Å². The molecule has 24 heavy (non-hydrogen) atoms. The van der Waals surface area contributed by atoms with Gasteiger partial charge in [0.25, 0.3) is 5.91 Å². The Bertz CT molecular complexity index is 697. The van der Waals surface area contributed by atoms with Crippen LogP contribution in [0.2, 0.25) is 0 Å². The summed E-state index contributed by atoms with van der Waals surface area (Å²) in [5.41, 5.74) is 2.32. The van der Waals surface area contributed by atoms with Gasteiger partial charge in [-0.05, 0) is 42.7 Å². The minimum atomic E-state index is 0.269. The van der Waals surface area contributed by atoms with Crippen LogP contribution in [0.5, 0.6) is 0 Å². The molecular weight excluding hydrogens is 336 g/mol. The molecule has 0 atom stereocenters. The summed E-state index contributed by atoms with van der Waals surface area (Å²) in [4.78, 5) is 17.0. The lowest BCUT2D eigenvalue weighted by molar-refractivity contribution is 0.0742. The summed E-state index contributed by atoms with van der Waals surface area (Å²) in [6.45, 7) is 1.84. The predicted molar refractivity (Wildman–Crippen MR) is 103 cm³/mol. The SMILES string of the molecule is O=C(c1c(-n2cccc2)sc2c1CCSC2)N1CCCCCCC1. The normalized spacial score (nSPS) is 18.8. The quantitative estimate of drug-likeness (QED) is 0.773. The minimum Gasteiger partial charge on any atom is -0.339 e. The van der Waals surface area contributed by atoms with Gasteiger partial charge in [-0.1, -0.05) is 19.3 Å². The Balaban J connectivity index is 1.72. The average molecular weight is 361 g/mol. The molecule has 1 amide bonds. The van der Waals surface area contributed by atoms with E-state index in [2.05, 4.69) is 21.9 Å². The lowest BCUT2D eigenvalue weighted by Gasteiger charge is -2.26. The number of fused-ring (bicyclic) bond motifs is 1. The third kappa shape index (κ3) is 3.16. The zero-order valence-corrected chi connectivity index (χ0v) is 15.6. The Morgan fingerprint density at radius 3 is 2.46 bits per heavy atom. The maximum absolute atomic E-state index is 13.4. The summed E-state index contributed by atoms with van der Waals surface area (Å²) in [5, 5.41) is 1.12. The molecule has 4 heterocycles. The van der Waals surface area contributed by atoms with Gasteiger partial charge in [0, 0.05) is 36.1 Å². The molecule has 2 aromatic rings. The largest absolute Gasteiger partial charge is 0.339 e. The molecule has 3 nitrogen and oxygen atoms in total. The number of hydrogen-bond donors (Lipinski definition) is 0. The number of thiophene rings is 1. The van der Waals surface area contributed by atoms with E-state index in [0.29, 0.717) is 0 Å². The highest BCUT2D eigenvalue weighted by Crippen LogP contribution is 2.39. The van der Waals surface area contributed by atoms with Crippen LogP contribution in [0, 0.1) is 0 Å². The van der Waals surface area contributed by atoms with E-state index in [0.717, 1.165) is 54.4 Å². The second-order valence-corrected chi connectivity index (χ2v) is 8.83. The number of carbonyl (C=O) groups excluding carboxylic acids is 1. The van der Waals surface area contributed by atoms with Crippen LogP contribution in [0.1, 0.15) is 52.9 Å². The van der Waals surface area contributed by atoms with E-state index >= 15 is 0 Å². The molecule has 2 aliphatic heterocycles. The summed E-state index contributed by atoms with van der Waals surface area (Å²) in [7, 11) is 0. The molecule has 4 rings (SSSR count). The van der Waals surface area contributed by atoms with Crippen LogP contribution >= 0.6 is 23.1 Å². The van der Waals surface area contributed by atoms with E-state index in [1.54, 1.807) is 0 Å². The van der Waals surface area contributed by atoms with Crippen molar-refractivity contribution in [1.82, 2.24) is 9.47 Å². The van der Waals surface area contributed by atoms with Gasteiger partial charge in [-0.2, -0.15) is 11.8 Å². The number of nitrogens with zero attached hydrogens (tertiary/aromatic N) is 2. The minimum absolute atomic E-state index is 0.269. The Hall–Kier alpha value is -1.20. The van der Waals surface area contributed by atoms with Crippen molar-refractivity contribution in [1.29, 1.82) is 0 Å². The first-order chi connectivity index (χ1) is 11.8. The number of likely N-dealkylation sites (tertiary alicyclic amines) is 1. The molecule has 1 fully saturated rings. The smallest absolute Gasteiger partial charge is 0.257 e. The third-order valence-electron chi connectivity index (χ3n) is 5.00. The van der Waals surface area contributed by atoms with E-state index in [9.17, 15) is 4.79 Å². The zero-order chi connectivity index (χ0) is 16.4. The van der Waals surface area contributed by atoms with Crippen LogP contribution in [-0.4, -0.2) is 34.2 Å². The monoisotopic (exact) mass is 360 g/mol. The van der Waals surface area contributed by atoms with Gasteiger partial charge in [-0.15, -0.1) is 11.3 Å². The summed E-state index contributed by atoms with van der Waals surface area (Å²) in [5.74, 6) is 2.46. The van der Waals surface area contributed by atoms with E-state index < -0.39 is 0 Å². The fraction of sp³-hybridized carbons (Fsp3) is 0.526. The molecule has 2 aromatic heterocycles. The summed E-state index contributed by atoms with van der Waals surface area (Å²) in [6.07, 6.45) is 11.3. The van der Waals surface area contributed by atoms with Crippen molar-refractivity contribution in [3.63, 3.8) is 0 Å². The van der Waals surface area contributed by atoms with Crippen LogP contribution in [0.4, 0.5) is 0 Å². The lowest BCUT2D eigenvalue weighted by atomic mass is 10.0. The maximum atomic E-state index is 13.4. The summed E-state index contributed by atoms with van der Waals surface area (Å²) >= 11 is 3.80. The Morgan fingerprint density at radius 2 is 1.71 bits per heavy atom. The van der Waals surface area contributed by atoms with Crippen LogP contribution in [-0.2, 0) is 12.2 Å². The molecule has 128 valence electrons. The topological polar surface area (TPSA) is 25.2 Å². The van der Waals surface area contributed by atoms with E-state index in [4.69, 9.17) is 0 Å². The first-order valence-electron chi connectivity index (χ1n) is 8.99. The number of rotatable bonds is 2. The molecule has 0 N–H and O–H groups in total. The second-order valence-electron chi connectivity index (χ2n) is 6.64. The van der Waals surface area contributed by atoms with Crippen molar-refractivity contribution in [2.24, 2.45) is 0 Å².